The molecule has 3 aliphatic heterocycles. The minimum absolute atomic E-state index is 0.000567. The number of piperidine rings is 3. The topological polar surface area (TPSA) is 58.4 Å². The highest BCUT2D eigenvalue weighted by molar-refractivity contribution is 7.17. The molecule has 0 radical (unpaired) electrons. The summed E-state index contributed by atoms with van der Waals surface area (Å²) in [6, 6.07) is 3.97. The van der Waals surface area contributed by atoms with Crippen molar-refractivity contribution in [1.82, 2.24) is 15.2 Å². The second kappa shape index (κ2) is 5.68. The number of carbonyl (C=O) groups excluding carboxylic acids is 1. The average Bonchev–Trinajstić information content (AvgIpc) is 3.17. The molecule has 116 valence electrons. The second-order valence-corrected chi connectivity index (χ2v) is 7.27. The number of hydrogen-bond donors (Lipinski definition) is 1. The standard InChI is InChI=1S/C15H16ClN3O2S/c16-15-17-7-11(21-15)12-1-2-13(22-12)14(20)18-10-8-19-5-3-9(10)4-6-19/h1-2,7,9-10H,3-6,8H2,(H,18,20)/t10-/m0/s1. The Balaban J connectivity index is 1.46. The van der Waals surface area contributed by atoms with Gasteiger partial charge in [-0.1, -0.05) is 0 Å². The molecule has 1 amide bonds. The number of fused-ring (bicyclic) bond motifs is 3. The number of rotatable bonds is 3. The monoisotopic (exact) mass is 337 g/mol. The summed E-state index contributed by atoms with van der Waals surface area (Å²) in [6.45, 7) is 3.32. The first kappa shape index (κ1) is 14.2. The first-order valence-electron chi connectivity index (χ1n) is 7.44. The van der Waals surface area contributed by atoms with Crippen LogP contribution in [0.2, 0.25) is 5.35 Å². The zero-order valence-electron chi connectivity index (χ0n) is 11.9. The smallest absolute Gasteiger partial charge is 0.292 e. The summed E-state index contributed by atoms with van der Waals surface area (Å²) < 4.78 is 5.28. The van der Waals surface area contributed by atoms with E-state index in [0.717, 1.165) is 11.4 Å². The second-order valence-electron chi connectivity index (χ2n) is 5.86. The number of hydrogen-bond acceptors (Lipinski definition) is 5. The van der Waals surface area contributed by atoms with Crippen LogP contribution in [0.1, 0.15) is 22.5 Å². The van der Waals surface area contributed by atoms with Gasteiger partial charge >= 0.3 is 0 Å². The normalized spacial score (nSPS) is 27.0. The Kier molecular flexibility index (Phi) is 3.68. The van der Waals surface area contributed by atoms with E-state index >= 15 is 0 Å². The Bertz CT molecular complexity index is 691. The lowest BCUT2D eigenvalue weighted by Crippen LogP contribution is -2.57. The number of oxazole rings is 1. The fraction of sp³-hybridized carbons (Fsp3) is 0.467. The number of halogens is 1. The Hall–Kier alpha value is -1.37. The minimum atomic E-state index is 0.000567. The van der Waals surface area contributed by atoms with Gasteiger partial charge in [-0.05, 0) is 55.6 Å². The lowest BCUT2D eigenvalue weighted by molar-refractivity contribution is 0.0622. The Morgan fingerprint density at radius 3 is 2.86 bits per heavy atom. The molecule has 5 rings (SSSR count). The van der Waals surface area contributed by atoms with E-state index in [0.29, 0.717) is 16.6 Å². The largest absolute Gasteiger partial charge is 0.427 e. The van der Waals surface area contributed by atoms with Crippen LogP contribution in [0.4, 0.5) is 0 Å². The van der Waals surface area contributed by atoms with Crippen molar-refractivity contribution in [2.45, 2.75) is 18.9 Å². The third-order valence-electron chi connectivity index (χ3n) is 4.52. The number of thiophene rings is 1. The van der Waals surface area contributed by atoms with Gasteiger partial charge in [0, 0.05) is 12.6 Å². The molecule has 5 heterocycles. The van der Waals surface area contributed by atoms with Gasteiger partial charge in [0.05, 0.1) is 16.0 Å². The summed E-state index contributed by atoms with van der Waals surface area (Å²) in [5.41, 5.74) is 0. The third-order valence-corrected chi connectivity index (χ3v) is 5.80. The molecule has 5 nitrogen and oxygen atoms in total. The van der Waals surface area contributed by atoms with Crippen molar-refractivity contribution >= 4 is 28.8 Å². The van der Waals surface area contributed by atoms with Gasteiger partial charge in [-0.25, -0.2) is 4.98 Å². The van der Waals surface area contributed by atoms with E-state index in [2.05, 4.69) is 15.2 Å². The van der Waals surface area contributed by atoms with Crippen molar-refractivity contribution in [3.63, 3.8) is 0 Å². The van der Waals surface area contributed by atoms with E-state index in [4.69, 9.17) is 16.0 Å². The first-order chi connectivity index (χ1) is 10.7. The lowest BCUT2D eigenvalue weighted by atomic mass is 9.84. The van der Waals surface area contributed by atoms with Crippen LogP contribution in [0.3, 0.4) is 0 Å². The van der Waals surface area contributed by atoms with Gasteiger partial charge in [0.25, 0.3) is 11.3 Å². The highest BCUT2D eigenvalue weighted by Gasteiger charge is 2.35. The molecule has 22 heavy (non-hydrogen) atoms. The predicted octanol–water partition coefficient (Wildman–Crippen LogP) is 2.88. The van der Waals surface area contributed by atoms with E-state index in [1.54, 1.807) is 6.20 Å². The van der Waals surface area contributed by atoms with Gasteiger partial charge in [-0.3, -0.25) is 4.79 Å². The number of aromatic nitrogens is 1. The molecule has 3 fully saturated rings. The van der Waals surface area contributed by atoms with Gasteiger partial charge in [0.2, 0.25) is 0 Å². The Morgan fingerprint density at radius 2 is 2.23 bits per heavy atom. The summed E-state index contributed by atoms with van der Waals surface area (Å²) in [6.07, 6.45) is 3.96. The number of carbonyl (C=O) groups is 1. The van der Waals surface area contributed by atoms with E-state index in [1.165, 1.54) is 37.3 Å². The molecule has 0 unspecified atom stereocenters. The molecule has 0 spiro atoms. The van der Waals surface area contributed by atoms with E-state index in [1.807, 2.05) is 12.1 Å². The van der Waals surface area contributed by atoms with Crippen LogP contribution in [0.15, 0.2) is 22.7 Å². The third kappa shape index (κ3) is 2.66. The molecule has 0 aliphatic carbocycles. The van der Waals surface area contributed by atoms with Crippen LogP contribution in [-0.4, -0.2) is 41.5 Å². The Labute approximate surface area is 137 Å². The molecular weight excluding hydrogens is 322 g/mol. The van der Waals surface area contributed by atoms with Crippen molar-refractivity contribution in [3.05, 3.63) is 28.6 Å². The molecule has 2 bridgehead atoms. The number of nitrogens with one attached hydrogen (secondary N) is 1. The van der Waals surface area contributed by atoms with Gasteiger partial charge in [-0.15, -0.1) is 11.3 Å². The summed E-state index contributed by atoms with van der Waals surface area (Å²) >= 11 is 7.09. The number of amides is 1. The molecule has 2 aromatic heterocycles. The van der Waals surface area contributed by atoms with E-state index in [-0.39, 0.29) is 17.3 Å². The highest BCUT2D eigenvalue weighted by Crippen LogP contribution is 2.31. The predicted molar refractivity (Wildman–Crippen MR) is 85.2 cm³/mol. The van der Waals surface area contributed by atoms with Crippen LogP contribution in [0.25, 0.3) is 10.6 Å². The molecular formula is C15H16ClN3O2S. The summed E-state index contributed by atoms with van der Waals surface area (Å²) in [4.78, 5) is 20.3. The maximum Gasteiger partial charge on any atom is 0.292 e. The van der Waals surface area contributed by atoms with Crippen LogP contribution in [-0.2, 0) is 0 Å². The SMILES string of the molecule is O=C(N[C@H]1CN2CCC1CC2)c1ccc(-c2cnc(Cl)o2)s1. The van der Waals surface area contributed by atoms with Crippen molar-refractivity contribution in [2.75, 3.05) is 19.6 Å². The molecule has 2 aromatic rings. The summed E-state index contributed by atoms with van der Waals surface area (Å²) in [5.74, 6) is 1.22. The molecule has 0 aromatic carbocycles. The maximum atomic E-state index is 12.4. The fourth-order valence-electron chi connectivity index (χ4n) is 3.33. The quantitative estimate of drug-likeness (QED) is 0.935. The zero-order valence-corrected chi connectivity index (χ0v) is 13.5. The van der Waals surface area contributed by atoms with Crippen molar-refractivity contribution in [2.24, 2.45) is 5.92 Å². The van der Waals surface area contributed by atoms with Crippen molar-refractivity contribution < 1.29 is 9.21 Å². The van der Waals surface area contributed by atoms with Crippen LogP contribution >= 0.6 is 22.9 Å². The van der Waals surface area contributed by atoms with Crippen LogP contribution < -0.4 is 5.32 Å². The van der Waals surface area contributed by atoms with Gasteiger partial charge in [0.15, 0.2) is 5.76 Å². The summed E-state index contributed by atoms with van der Waals surface area (Å²) in [7, 11) is 0. The maximum absolute atomic E-state index is 12.4. The van der Waals surface area contributed by atoms with Crippen molar-refractivity contribution in [3.8, 4) is 10.6 Å². The summed E-state index contributed by atoms with van der Waals surface area (Å²) in [5, 5.41) is 3.31. The minimum Gasteiger partial charge on any atom is -0.427 e. The van der Waals surface area contributed by atoms with Crippen molar-refractivity contribution in [1.29, 1.82) is 0 Å². The van der Waals surface area contributed by atoms with E-state index in [9.17, 15) is 4.79 Å². The van der Waals surface area contributed by atoms with Crippen LogP contribution in [0.5, 0.6) is 0 Å². The van der Waals surface area contributed by atoms with Gasteiger partial charge in [0.1, 0.15) is 0 Å². The fourth-order valence-corrected chi connectivity index (χ4v) is 4.31. The van der Waals surface area contributed by atoms with Gasteiger partial charge in [-0.2, -0.15) is 0 Å². The van der Waals surface area contributed by atoms with E-state index < -0.39 is 0 Å². The van der Waals surface area contributed by atoms with Crippen LogP contribution in [0, 0.1) is 5.92 Å². The molecule has 3 aliphatic rings. The van der Waals surface area contributed by atoms with Gasteiger partial charge < -0.3 is 14.6 Å². The first-order valence-corrected chi connectivity index (χ1v) is 8.63. The Morgan fingerprint density at radius 1 is 1.41 bits per heavy atom. The molecule has 3 saturated heterocycles. The molecule has 1 atom stereocenters. The molecule has 0 saturated carbocycles. The number of nitrogens with zero attached hydrogens (tertiary/aromatic N) is 2. The zero-order chi connectivity index (χ0) is 15.1. The lowest BCUT2D eigenvalue weighted by Gasteiger charge is -2.44. The highest BCUT2D eigenvalue weighted by atomic mass is 35.5. The average molecular weight is 338 g/mol. The molecule has 7 heteroatoms. The molecule has 1 N–H and O–H groups in total.